The molecule has 0 bridgehead atoms. The van der Waals surface area contributed by atoms with Crippen LogP contribution in [0.25, 0.3) is 11.0 Å². The molecule has 0 aliphatic rings. The number of H-pyrrole nitrogens is 2. The van der Waals surface area contributed by atoms with E-state index >= 15 is 0 Å². The van der Waals surface area contributed by atoms with Gasteiger partial charge in [0.15, 0.2) is 11.6 Å². The Hall–Kier alpha value is -3.61. The van der Waals surface area contributed by atoms with Gasteiger partial charge in [-0.25, -0.2) is 9.37 Å². The number of ether oxygens (including phenoxy) is 1. The lowest BCUT2D eigenvalue weighted by atomic mass is 10.2. The number of fused-ring (bicyclic) bond motifs is 1. The van der Waals surface area contributed by atoms with E-state index in [0.29, 0.717) is 22.8 Å². The van der Waals surface area contributed by atoms with Gasteiger partial charge in [-0.3, -0.25) is 4.79 Å². The van der Waals surface area contributed by atoms with Crippen molar-refractivity contribution in [2.24, 2.45) is 0 Å². The molecule has 3 aromatic heterocycles. The number of anilines is 1. The highest BCUT2D eigenvalue weighted by Crippen LogP contribution is 2.31. The minimum absolute atomic E-state index is 0.0616. The quantitative estimate of drug-likeness (QED) is 0.525. The predicted molar refractivity (Wildman–Crippen MR) is 91.3 cm³/mol. The third-order valence-electron chi connectivity index (χ3n) is 3.67. The largest absolute Gasteiger partial charge is 0.453 e. The predicted octanol–water partition coefficient (Wildman–Crippen LogP) is 4.07. The number of aromatic amines is 2. The van der Waals surface area contributed by atoms with Crippen LogP contribution in [0.3, 0.4) is 0 Å². The van der Waals surface area contributed by atoms with Crippen molar-refractivity contribution < 1.29 is 13.9 Å². The molecule has 0 aliphatic heterocycles. The lowest BCUT2D eigenvalue weighted by molar-refractivity contribution is 0.102. The average molecular weight is 336 g/mol. The molecule has 3 heterocycles. The third kappa shape index (κ3) is 2.94. The summed E-state index contributed by atoms with van der Waals surface area (Å²) in [5.41, 5.74) is 1.39. The van der Waals surface area contributed by atoms with E-state index in [9.17, 15) is 9.18 Å². The molecular formula is C18H13FN4O2. The second kappa shape index (κ2) is 6.12. The van der Waals surface area contributed by atoms with Crippen LogP contribution in [0.4, 0.5) is 10.1 Å². The van der Waals surface area contributed by atoms with Crippen molar-refractivity contribution >= 4 is 22.6 Å². The maximum atomic E-state index is 14.3. The molecule has 6 nitrogen and oxygen atoms in total. The van der Waals surface area contributed by atoms with E-state index in [1.54, 1.807) is 48.9 Å². The Morgan fingerprint density at radius 1 is 1.08 bits per heavy atom. The zero-order valence-electron chi connectivity index (χ0n) is 12.9. The van der Waals surface area contributed by atoms with Crippen LogP contribution in [-0.2, 0) is 0 Å². The first-order valence-corrected chi connectivity index (χ1v) is 7.55. The summed E-state index contributed by atoms with van der Waals surface area (Å²) in [6.45, 7) is 0. The molecule has 4 aromatic rings. The topological polar surface area (TPSA) is 82.8 Å². The molecule has 1 amide bonds. The molecule has 0 fully saturated rings. The van der Waals surface area contributed by atoms with Gasteiger partial charge in [-0.2, -0.15) is 0 Å². The van der Waals surface area contributed by atoms with Crippen molar-refractivity contribution in [2.75, 3.05) is 5.32 Å². The first-order valence-electron chi connectivity index (χ1n) is 7.55. The highest BCUT2D eigenvalue weighted by Gasteiger charge is 2.12. The van der Waals surface area contributed by atoms with Crippen molar-refractivity contribution in [1.82, 2.24) is 15.0 Å². The van der Waals surface area contributed by atoms with Crippen LogP contribution in [0.15, 0.2) is 61.1 Å². The van der Waals surface area contributed by atoms with E-state index in [1.807, 2.05) is 0 Å². The molecule has 124 valence electrons. The third-order valence-corrected chi connectivity index (χ3v) is 3.67. The zero-order valence-corrected chi connectivity index (χ0v) is 12.9. The minimum Gasteiger partial charge on any atom is -0.453 e. The maximum Gasteiger partial charge on any atom is 0.272 e. The lowest BCUT2D eigenvalue weighted by Gasteiger charge is -2.10. The van der Waals surface area contributed by atoms with E-state index in [1.165, 1.54) is 12.1 Å². The number of halogens is 1. The van der Waals surface area contributed by atoms with Gasteiger partial charge in [0.2, 0.25) is 0 Å². The molecular weight excluding hydrogens is 323 g/mol. The Balaban J connectivity index is 1.56. The first-order chi connectivity index (χ1) is 12.2. The molecule has 0 saturated heterocycles. The van der Waals surface area contributed by atoms with Gasteiger partial charge in [-0.1, -0.05) is 0 Å². The number of pyridine rings is 1. The molecule has 4 rings (SSSR count). The monoisotopic (exact) mass is 336 g/mol. The van der Waals surface area contributed by atoms with Crippen LogP contribution >= 0.6 is 0 Å². The molecule has 0 atom stereocenters. The summed E-state index contributed by atoms with van der Waals surface area (Å²) in [5, 5.41) is 3.38. The van der Waals surface area contributed by atoms with Crippen molar-refractivity contribution in [3.8, 4) is 11.5 Å². The van der Waals surface area contributed by atoms with Gasteiger partial charge in [0, 0.05) is 30.3 Å². The van der Waals surface area contributed by atoms with Crippen molar-refractivity contribution in [3.05, 3.63) is 72.6 Å². The van der Waals surface area contributed by atoms with Crippen LogP contribution in [0.5, 0.6) is 11.5 Å². The van der Waals surface area contributed by atoms with E-state index < -0.39 is 5.82 Å². The fourth-order valence-corrected chi connectivity index (χ4v) is 2.47. The molecule has 0 aliphatic carbocycles. The number of carbonyl (C=O) groups is 1. The fourth-order valence-electron chi connectivity index (χ4n) is 2.47. The van der Waals surface area contributed by atoms with Crippen LogP contribution < -0.4 is 10.1 Å². The van der Waals surface area contributed by atoms with Crippen molar-refractivity contribution in [1.29, 1.82) is 0 Å². The summed E-state index contributed by atoms with van der Waals surface area (Å²) >= 11 is 0. The number of hydrogen-bond donors (Lipinski definition) is 3. The molecule has 0 saturated carbocycles. The van der Waals surface area contributed by atoms with Gasteiger partial charge in [-0.05, 0) is 36.4 Å². The number of carbonyl (C=O) groups excluding carboxylic acids is 1. The molecule has 25 heavy (non-hydrogen) atoms. The lowest BCUT2D eigenvalue weighted by Crippen LogP contribution is -2.12. The summed E-state index contributed by atoms with van der Waals surface area (Å²) in [6, 6.07) is 11.1. The van der Waals surface area contributed by atoms with Gasteiger partial charge in [0.25, 0.3) is 5.91 Å². The summed E-state index contributed by atoms with van der Waals surface area (Å²) in [7, 11) is 0. The normalized spacial score (nSPS) is 10.8. The standard InChI is InChI=1S/C18H13FN4O2/c19-13-10-11(23-18(24)14-2-1-7-20-14)3-4-16(13)25-15-6-9-22-17-12(15)5-8-21-17/h1-10,20H,(H,21,22)(H,23,24). The second-order valence-corrected chi connectivity index (χ2v) is 5.33. The van der Waals surface area contributed by atoms with Crippen molar-refractivity contribution in [2.45, 2.75) is 0 Å². The second-order valence-electron chi connectivity index (χ2n) is 5.33. The van der Waals surface area contributed by atoms with Crippen LogP contribution in [0, 0.1) is 5.82 Å². The number of aromatic nitrogens is 3. The number of hydrogen-bond acceptors (Lipinski definition) is 3. The SMILES string of the molecule is O=C(Nc1ccc(Oc2ccnc3[nH]ccc23)c(F)c1)c1ccc[nH]1. The van der Waals surface area contributed by atoms with E-state index in [0.717, 1.165) is 5.39 Å². The van der Waals surface area contributed by atoms with Gasteiger partial charge in [-0.15, -0.1) is 0 Å². The number of nitrogens with one attached hydrogen (secondary N) is 3. The summed E-state index contributed by atoms with van der Waals surface area (Å²) < 4.78 is 20.0. The zero-order chi connectivity index (χ0) is 17.2. The van der Waals surface area contributed by atoms with Crippen LogP contribution in [0.2, 0.25) is 0 Å². The van der Waals surface area contributed by atoms with Gasteiger partial charge < -0.3 is 20.0 Å². The van der Waals surface area contributed by atoms with Gasteiger partial charge in [0.1, 0.15) is 17.1 Å². The summed E-state index contributed by atoms with van der Waals surface area (Å²) in [5.74, 6) is -0.370. The molecule has 7 heteroatoms. The Morgan fingerprint density at radius 2 is 2.00 bits per heavy atom. The number of benzene rings is 1. The Morgan fingerprint density at radius 3 is 2.80 bits per heavy atom. The van der Waals surface area contributed by atoms with Gasteiger partial charge in [0.05, 0.1) is 5.39 Å². The number of rotatable bonds is 4. The number of amides is 1. The van der Waals surface area contributed by atoms with E-state index in [-0.39, 0.29) is 11.7 Å². The smallest absolute Gasteiger partial charge is 0.272 e. The molecule has 0 spiro atoms. The maximum absolute atomic E-state index is 14.3. The average Bonchev–Trinajstić information content (AvgIpc) is 3.28. The highest BCUT2D eigenvalue weighted by atomic mass is 19.1. The molecule has 1 aromatic carbocycles. The molecule has 0 unspecified atom stereocenters. The Bertz CT molecular complexity index is 1040. The van der Waals surface area contributed by atoms with Gasteiger partial charge >= 0.3 is 0 Å². The summed E-state index contributed by atoms with van der Waals surface area (Å²) in [4.78, 5) is 21.9. The fraction of sp³-hybridized carbons (Fsp3) is 0. The Kier molecular flexibility index (Phi) is 3.66. The number of nitrogens with zero attached hydrogens (tertiary/aromatic N) is 1. The van der Waals surface area contributed by atoms with E-state index in [2.05, 4.69) is 20.3 Å². The van der Waals surface area contributed by atoms with Crippen LogP contribution in [0.1, 0.15) is 10.5 Å². The first kappa shape index (κ1) is 14.9. The molecule has 0 radical (unpaired) electrons. The van der Waals surface area contributed by atoms with Crippen LogP contribution in [-0.4, -0.2) is 20.9 Å². The minimum atomic E-state index is -0.579. The van der Waals surface area contributed by atoms with Crippen molar-refractivity contribution in [3.63, 3.8) is 0 Å². The Labute approximate surface area is 141 Å². The summed E-state index contributed by atoms with van der Waals surface area (Å²) in [6.07, 6.45) is 4.96. The van der Waals surface area contributed by atoms with E-state index in [4.69, 9.17) is 4.74 Å². The molecule has 3 N–H and O–H groups in total. The highest BCUT2D eigenvalue weighted by molar-refractivity contribution is 6.02.